The molecule has 32 heavy (non-hydrogen) atoms. The summed E-state index contributed by atoms with van der Waals surface area (Å²) in [7, 11) is 0. The van der Waals surface area contributed by atoms with Crippen molar-refractivity contribution < 1.29 is 28.2 Å². The van der Waals surface area contributed by atoms with Gasteiger partial charge in [0.05, 0.1) is 23.6 Å². The van der Waals surface area contributed by atoms with Crippen LogP contribution in [-0.2, 0) is 14.3 Å². The third-order valence-corrected chi connectivity index (χ3v) is 4.49. The van der Waals surface area contributed by atoms with E-state index in [2.05, 4.69) is 10.6 Å². The molecule has 0 aromatic heterocycles. The Kier molecular flexibility index (Phi) is 6.97. The third-order valence-electron chi connectivity index (χ3n) is 4.49. The van der Waals surface area contributed by atoms with Crippen molar-refractivity contribution in [1.29, 1.82) is 0 Å². The van der Waals surface area contributed by atoms with Crippen LogP contribution in [0.15, 0.2) is 42.5 Å². The van der Waals surface area contributed by atoms with Gasteiger partial charge in [-0.1, -0.05) is 12.1 Å². The smallest absolute Gasteiger partial charge is 0.412 e. The Morgan fingerprint density at radius 3 is 2.56 bits per heavy atom. The molecular weight excluding hydrogens is 417 g/mol. The molecule has 0 fully saturated rings. The van der Waals surface area contributed by atoms with Crippen LogP contribution in [0, 0.1) is 5.82 Å². The van der Waals surface area contributed by atoms with Gasteiger partial charge in [0.2, 0.25) is 11.8 Å². The number of ether oxygens (including phenoxy) is 2. The molecule has 3 rings (SSSR count). The molecule has 3 amide bonds. The molecule has 2 aromatic rings. The number of benzene rings is 2. The van der Waals surface area contributed by atoms with Crippen molar-refractivity contribution in [2.24, 2.45) is 0 Å². The number of amides is 3. The lowest BCUT2D eigenvalue weighted by Gasteiger charge is -2.29. The van der Waals surface area contributed by atoms with E-state index in [1.165, 1.54) is 6.07 Å². The first-order valence-corrected chi connectivity index (χ1v) is 10.2. The van der Waals surface area contributed by atoms with E-state index in [1.807, 2.05) is 12.1 Å². The summed E-state index contributed by atoms with van der Waals surface area (Å²) in [5, 5.41) is 5.05. The number of carbonyl (C=O) groups is 3. The molecule has 1 heterocycles. The van der Waals surface area contributed by atoms with Gasteiger partial charge in [-0.3, -0.25) is 14.9 Å². The number of rotatable bonds is 5. The minimum atomic E-state index is -0.735. The van der Waals surface area contributed by atoms with Gasteiger partial charge in [0.1, 0.15) is 23.8 Å². The molecule has 0 radical (unpaired) electrons. The van der Waals surface area contributed by atoms with Crippen LogP contribution in [0.5, 0.6) is 5.75 Å². The van der Waals surface area contributed by atoms with Crippen LogP contribution >= 0.6 is 0 Å². The van der Waals surface area contributed by atoms with Gasteiger partial charge in [-0.05, 0) is 51.1 Å². The van der Waals surface area contributed by atoms with Crippen molar-refractivity contribution in [3.05, 3.63) is 48.3 Å². The molecule has 0 saturated heterocycles. The fourth-order valence-electron chi connectivity index (χ4n) is 3.14. The molecule has 2 aromatic carbocycles. The van der Waals surface area contributed by atoms with Crippen LogP contribution in [0.25, 0.3) is 0 Å². The summed E-state index contributed by atoms with van der Waals surface area (Å²) in [5.74, 6) is -0.676. The summed E-state index contributed by atoms with van der Waals surface area (Å²) >= 11 is 0. The Bertz CT molecular complexity index is 1020. The maximum atomic E-state index is 13.7. The normalized spacial score (nSPS) is 12.9. The van der Waals surface area contributed by atoms with E-state index in [0.29, 0.717) is 24.6 Å². The highest BCUT2D eigenvalue weighted by molar-refractivity contribution is 6.01. The lowest BCUT2D eigenvalue weighted by molar-refractivity contribution is -0.122. The number of nitrogens with one attached hydrogen (secondary N) is 2. The predicted octanol–water partition coefficient (Wildman–Crippen LogP) is 4.32. The number of para-hydroxylation sites is 2. The molecule has 1 aliphatic rings. The van der Waals surface area contributed by atoms with Gasteiger partial charge >= 0.3 is 6.09 Å². The lowest BCUT2D eigenvalue weighted by Crippen LogP contribution is -2.38. The number of hydrogen-bond donors (Lipinski definition) is 2. The average molecular weight is 443 g/mol. The first kappa shape index (κ1) is 23.1. The first-order valence-electron chi connectivity index (χ1n) is 10.2. The SMILES string of the molecule is CC(C)(C)OC(=O)Nc1ccc(F)cc1NC(=O)CCC(=O)N1CCOc2ccccc21. The van der Waals surface area contributed by atoms with Crippen molar-refractivity contribution in [1.82, 2.24) is 0 Å². The predicted molar refractivity (Wildman–Crippen MR) is 118 cm³/mol. The summed E-state index contributed by atoms with van der Waals surface area (Å²) in [6.45, 7) is 5.90. The van der Waals surface area contributed by atoms with Crippen molar-refractivity contribution in [3.8, 4) is 5.75 Å². The maximum absolute atomic E-state index is 13.7. The van der Waals surface area contributed by atoms with Gasteiger partial charge in [-0.25, -0.2) is 9.18 Å². The largest absolute Gasteiger partial charge is 0.490 e. The Morgan fingerprint density at radius 1 is 1.06 bits per heavy atom. The van der Waals surface area contributed by atoms with Crippen molar-refractivity contribution in [2.45, 2.75) is 39.2 Å². The van der Waals surface area contributed by atoms with E-state index in [1.54, 1.807) is 37.8 Å². The molecule has 9 heteroatoms. The number of anilines is 3. The Balaban J connectivity index is 1.61. The van der Waals surface area contributed by atoms with Gasteiger partial charge in [0, 0.05) is 12.8 Å². The highest BCUT2D eigenvalue weighted by atomic mass is 19.1. The number of hydrogen-bond acceptors (Lipinski definition) is 5. The van der Waals surface area contributed by atoms with Crippen molar-refractivity contribution in [2.75, 3.05) is 28.7 Å². The second-order valence-electron chi connectivity index (χ2n) is 8.23. The van der Waals surface area contributed by atoms with E-state index >= 15 is 0 Å². The van der Waals surface area contributed by atoms with E-state index < -0.39 is 23.4 Å². The van der Waals surface area contributed by atoms with E-state index in [-0.39, 0.29) is 30.1 Å². The van der Waals surface area contributed by atoms with Gasteiger partial charge in [-0.2, -0.15) is 0 Å². The fourth-order valence-corrected chi connectivity index (χ4v) is 3.14. The summed E-state index contributed by atoms with van der Waals surface area (Å²) in [4.78, 5) is 38.8. The second kappa shape index (κ2) is 9.67. The van der Waals surface area contributed by atoms with Crippen LogP contribution in [0.4, 0.5) is 26.2 Å². The molecule has 0 atom stereocenters. The molecule has 0 spiro atoms. The molecule has 170 valence electrons. The van der Waals surface area contributed by atoms with Gasteiger partial charge in [0.15, 0.2) is 0 Å². The quantitative estimate of drug-likeness (QED) is 0.718. The van der Waals surface area contributed by atoms with E-state index in [0.717, 1.165) is 12.1 Å². The zero-order valence-electron chi connectivity index (χ0n) is 18.2. The molecule has 2 N–H and O–H groups in total. The van der Waals surface area contributed by atoms with Crippen molar-refractivity contribution in [3.63, 3.8) is 0 Å². The Labute approximate surface area is 185 Å². The van der Waals surface area contributed by atoms with Gasteiger partial charge in [0.25, 0.3) is 0 Å². The fraction of sp³-hybridized carbons (Fsp3) is 0.348. The van der Waals surface area contributed by atoms with Gasteiger partial charge in [-0.15, -0.1) is 0 Å². The summed E-state index contributed by atoms with van der Waals surface area (Å²) in [6, 6.07) is 10.8. The molecule has 8 nitrogen and oxygen atoms in total. The lowest BCUT2D eigenvalue weighted by atomic mass is 10.2. The summed E-state index contributed by atoms with van der Waals surface area (Å²) in [6.07, 6.45) is -0.883. The minimum absolute atomic E-state index is 0.0374. The zero-order valence-corrected chi connectivity index (χ0v) is 18.2. The van der Waals surface area contributed by atoms with E-state index in [4.69, 9.17) is 9.47 Å². The van der Waals surface area contributed by atoms with Gasteiger partial charge < -0.3 is 19.7 Å². The van der Waals surface area contributed by atoms with Crippen LogP contribution in [-0.4, -0.2) is 36.7 Å². The molecule has 0 bridgehead atoms. The molecule has 0 aliphatic carbocycles. The molecule has 0 unspecified atom stereocenters. The number of halogens is 1. The average Bonchev–Trinajstić information content (AvgIpc) is 2.72. The maximum Gasteiger partial charge on any atom is 0.412 e. The minimum Gasteiger partial charge on any atom is -0.490 e. The van der Waals surface area contributed by atoms with Crippen LogP contribution in [0.2, 0.25) is 0 Å². The first-order chi connectivity index (χ1) is 15.1. The second-order valence-corrected chi connectivity index (χ2v) is 8.23. The third kappa shape index (κ3) is 6.19. The van der Waals surface area contributed by atoms with Crippen LogP contribution in [0.3, 0.4) is 0 Å². The molecular formula is C23H26FN3O5. The highest BCUT2D eigenvalue weighted by Gasteiger charge is 2.24. The summed E-state index contributed by atoms with van der Waals surface area (Å²) < 4.78 is 24.5. The Hall–Kier alpha value is -3.62. The topological polar surface area (TPSA) is 97.0 Å². The summed E-state index contributed by atoms with van der Waals surface area (Å²) in [5.41, 5.74) is 0.206. The molecule has 0 saturated carbocycles. The standard InChI is InChI=1S/C23H26FN3O5/c1-23(2,3)32-22(30)26-16-9-8-15(24)14-17(16)25-20(28)10-11-21(29)27-12-13-31-19-7-5-4-6-18(19)27/h4-9,14H,10-13H2,1-3H3,(H,25,28)(H,26,30). The Morgan fingerprint density at radius 2 is 1.81 bits per heavy atom. The monoisotopic (exact) mass is 443 g/mol. The number of nitrogens with zero attached hydrogens (tertiary/aromatic N) is 1. The number of fused-ring (bicyclic) bond motifs is 1. The van der Waals surface area contributed by atoms with E-state index in [9.17, 15) is 18.8 Å². The van der Waals surface area contributed by atoms with Crippen LogP contribution < -0.4 is 20.3 Å². The zero-order chi connectivity index (χ0) is 23.3. The number of carbonyl (C=O) groups excluding carboxylic acids is 3. The molecule has 1 aliphatic heterocycles. The highest BCUT2D eigenvalue weighted by Crippen LogP contribution is 2.31. The van der Waals surface area contributed by atoms with Crippen molar-refractivity contribution >= 4 is 35.0 Å². The van der Waals surface area contributed by atoms with Crippen LogP contribution in [0.1, 0.15) is 33.6 Å².